The molecule has 0 amide bonds. The van der Waals surface area contributed by atoms with E-state index in [1.165, 1.54) is 0 Å². The van der Waals surface area contributed by atoms with Crippen LogP contribution in [0.25, 0.3) is 0 Å². The highest BCUT2D eigenvalue weighted by Crippen LogP contribution is 2.24. The molecule has 1 rings (SSSR count). The van der Waals surface area contributed by atoms with Gasteiger partial charge in [-0.05, 0) is 18.2 Å². The molecule has 0 radical (unpaired) electrons. The van der Waals surface area contributed by atoms with Gasteiger partial charge < -0.3 is 10.5 Å². The third kappa shape index (κ3) is 2.66. The molecular weight excluding hydrogens is 186 g/mol. The zero-order valence-corrected chi connectivity index (χ0v) is 8.06. The molecular formula is C10H10ClNO. The van der Waals surface area contributed by atoms with Crippen LogP contribution in [0.2, 0.25) is 5.02 Å². The van der Waals surface area contributed by atoms with Gasteiger partial charge in [-0.1, -0.05) is 23.4 Å². The van der Waals surface area contributed by atoms with E-state index < -0.39 is 0 Å². The van der Waals surface area contributed by atoms with E-state index in [0.717, 1.165) is 5.56 Å². The molecule has 0 saturated heterocycles. The van der Waals surface area contributed by atoms with Crippen molar-refractivity contribution in [1.29, 1.82) is 0 Å². The highest BCUT2D eigenvalue weighted by molar-refractivity contribution is 6.32. The van der Waals surface area contributed by atoms with Gasteiger partial charge >= 0.3 is 0 Å². The second kappa shape index (κ2) is 4.76. The quantitative estimate of drug-likeness (QED) is 0.692. The van der Waals surface area contributed by atoms with Crippen molar-refractivity contribution in [2.75, 3.05) is 13.7 Å². The summed E-state index contributed by atoms with van der Waals surface area (Å²) in [6.45, 7) is 0.351. The molecule has 0 aliphatic heterocycles. The summed E-state index contributed by atoms with van der Waals surface area (Å²) in [5.41, 5.74) is 6.08. The van der Waals surface area contributed by atoms with E-state index in [4.69, 9.17) is 22.1 Å². The number of benzene rings is 1. The molecule has 0 fully saturated rings. The number of ether oxygens (including phenoxy) is 1. The molecule has 0 atom stereocenters. The highest BCUT2D eigenvalue weighted by atomic mass is 35.5. The summed E-state index contributed by atoms with van der Waals surface area (Å²) in [7, 11) is 1.58. The molecule has 13 heavy (non-hydrogen) atoms. The van der Waals surface area contributed by atoms with Crippen molar-refractivity contribution in [3.63, 3.8) is 0 Å². The summed E-state index contributed by atoms with van der Waals surface area (Å²) in [4.78, 5) is 0. The van der Waals surface area contributed by atoms with Crippen molar-refractivity contribution in [3.8, 4) is 17.6 Å². The number of hydrogen-bond donors (Lipinski definition) is 1. The van der Waals surface area contributed by atoms with Crippen molar-refractivity contribution in [2.45, 2.75) is 0 Å². The summed E-state index contributed by atoms with van der Waals surface area (Å²) in [6.07, 6.45) is 0. The first kappa shape index (κ1) is 9.91. The fraction of sp³-hybridized carbons (Fsp3) is 0.200. The van der Waals surface area contributed by atoms with Gasteiger partial charge in [0.15, 0.2) is 0 Å². The molecule has 2 N–H and O–H groups in total. The second-order valence-electron chi connectivity index (χ2n) is 2.36. The van der Waals surface area contributed by atoms with E-state index in [9.17, 15) is 0 Å². The predicted molar refractivity (Wildman–Crippen MR) is 53.9 cm³/mol. The van der Waals surface area contributed by atoms with Gasteiger partial charge in [-0.25, -0.2) is 0 Å². The van der Waals surface area contributed by atoms with E-state index in [-0.39, 0.29) is 0 Å². The Bertz CT molecular complexity index is 352. The van der Waals surface area contributed by atoms with Crippen LogP contribution in [0.4, 0.5) is 0 Å². The molecule has 1 aromatic carbocycles. The predicted octanol–water partition coefficient (Wildman–Crippen LogP) is 1.66. The average Bonchev–Trinajstić information content (AvgIpc) is 2.15. The summed E-state index contributed by atoms with van der Waals surface area (Å²) >= 11 is 5.88. The number of methoxy groups -OCH3 is 1. The van der Waals surface area contributed by atoms with E-state index in [2.05, 4.69) is 11.8 Å². The first-order chi connectivity index (χ1) is 6.27. The maximum atomic E-state index is 5.88. The Labute approximate surface area is 82.6 Å². The van der Waals surface area contributed by atoms with Gasteiger partial charge in [-0.3, -0.25) is 0 Å². The van der Waals surface area contributed by atoms with Crippen LogP contribution in [0.3, 0.4) is 0 Å². The minimum Gasteiger partial charge on any atom is -0.495 e. The third-order valence-corrected chi connectivity index (χ3v) is 1.78. The molecule has 1 aromatic rings. The van der Waals surface area contributed by atoms with Crippen molar-refractivity contribution in [3.05, 3.63) is 28.8 Å². The molecule has 3 heteroatoms. The first-order valence-electron chi connectivity index (χ1n) is 3.80. The first-order valence-corrected chi connectivity index (χ1v) is 4.18. The Balaban J connectivity index is 2.96. The topological polar surface area (TPSA) is 35.2 Å². The monoisotopic (exact) mass is 195 g/mol. The summed E-state index contributed by atoms with van der Waals surface area (Å²) in [5.74, 6) is 6.28. The van der Waals surface area contributed by atoms with Gasteiger partial charge in [-0.15, -0.1) is 0 Å². The van der Waals surface area contributed by atoms with Crippen LogP contribution in [0.1, 0.15) is 5.56 Å². The fourth-order valence-corrected chi connectivity index (χ4v) is 1.15. The molecule has 0 aliphatic carbocycles. The molecule has 0 aliphatic rings. The molecule has 2 nitrogen and oxygen atoms in total. The highest BCUT2D eigenvalue weighted by Gasteiger charge is 1.98. The van der Waals surface area contributed by atoms with Crippen LogP contribution < -0.4 is 10.5 Å². The smallest absolute Gasteiger partial charge is 0.137 e. The Morgan fingerprint density at radius 3 is 2.85 bits per heavy atom. The van der Waals surface area contributed by atoms with E-state index >= 15 is 0 Å². The van der Waals surface area contributed by atoms with Crippen molar-refractivity contribution < 1.29 is 4.74 Å². The summed E-state index contributed by atoms with van der Waals surface area (Å²) in [5, 5.41) is 0.561. The normalized spacial score (nSPS) is 8.85. The van der Waals surface area contributed by atoms with Gasteiger partial charge in [0.05, 0.1) is 18.7 Å². The zero-order chi connectivity index (χ0) is 9.68. The maximum absolute atomic E-state index is 5.88. The summed E-state index contributed by atoms with van der Waals surface area (Å²) in [6, 6.07) is 5.37. The average molecular weight is 196 g/mol. The van der Waals surface area contributed by atoms with Crippen molar-refractivity contribution in [1.82, 2.24) is 0 Å². The van der Waals surface area contributed by atoms with Gasteiger partial charge in [0.1, 0.15) is 5.75 Å². The number of rotatable bonds is 1. The minimum atomic E-state index is 0.351. The minimum absolute atomic E-state index is 0.351. The van der Waals surface area contributed by atoms with Crippen LogP contribution in [-0.2, 0) is 0 Å². The molecule has 68 valence electrons. The molecule has 0 heterocycles. The molecule has 0 aromatic heterocycles. The third-order valence-electron chi connectivity index (χ3n) is 1.49. The lowest BCUT2D eigenvalue weighted by molar-refractivity contribution is 0.415. The number of halogens is 1. The maximum Gasteiger partial charge on any atom is 0.137 e. The van der Waals surface area contributed by atoms with E-state index in [1.54, 1.807) is 19.2 Å². The summed E-state index contributed by atoms with van der Waals surface area (Å²) < 4.78 is 5.00. The van der Waals surface area contributed by atoms with Gasteiger partial charge in [0.25, 0.3) is 0 Å². The van der Waals surface area contributed by atoms with E-state index in [0.29, 0.717) is 17.3 Å². The molecule has 0 saturated carbocycles. The number of nitrogens with two attached hydrogens (primary N) is 1. The standard InChI is InChI=1S/C10H10ClNO/c1-13-10-5-4-8(3-2-6-12)7-9(10)11/h4-5,7H,6,12H2,1H3. The number of hydrogen-bond acceptors (Lipinski definition) is 2. The lowest BCUT2D eigenvalue weighted by Crippen LogP contribution is -1.93. The SMILES string of the molecule is COc1ccc(C#CCN)cc1Cl. The lowest BCUT2D eigenvalue weighted by Gasteiger charge is -2.01. The largest absolute Gasteiger partial charge is 0.495 e. The molecule has 0 spiro atoms. The van der Waals surface area contributed by atoms with Crippen LogP contribution in [0, 0.1) is 11.8 Å². The van der Waals surface area contributed by atoms with Gasteiger partial charge in [0.2, 0.25) is 0 Å². The van der Waals surface area contributed by atoms with Crippen LogP contribution >= 0.6 is 11.6 Å². The van der Waals surface area contributed by atoms with Crippen LogP contribution in [0.15, 0.2) is 18.2 Å². The Morgan fingerprint density at radius 1 is 1.54 bits per heavy atom. The van der Waals surface area contributed by atoms with E-state index in [1.807, 2.05) is 6.07 Å². The van der Waals surface area contributed by atoms with Crippen LogP contribution in [-0.4, -0.2) is 13.7 Å². The second-order valence-corrected chi connectivity index (χ2v) is 2.76. The molecule has 0 bridgehead atoms. The van der Waals surface area contributed by atoms with Crippen LogP contribution in [0.5, 0.6) is 5.75 Å². The Hall–Kier alpha value is -1.17. The van der Waals surface area contributed by atoms with Gasteiger partial charge in [-0.2, -0.15) is 0 Å². The lowest BCUT2D eigenvalue weighted by atomic mass is 10.2. The Kier molecular flexibility index (Phi) is 3.63. The van der Waals surface area contributed by atoms with Gasteiger partial charge in [0, 0.05) is 5.56 Å². The molecule has 0 unspecified atom stereocenters. The van der Waals surface area contributed by atoms with Crippen molar-refractivity contribution in [2.24, 2.45) is 5.73 Å². The fourth-order valence-electron chi connectivity index (χ4n) is 0.897. The Morgan fingerprint density at radius 2 is 2.31 bits per heavy atom. The van der Waals surface area contributed by atoms with Crippen molar-refractivity contribution >= 4 is 11.6 Å². The zero-order valence-electron chi connectivity index (χ0n) is 7.30.